The van der Waals surface area contributed by atoms with Crippen molar-refractivity contribution in [2.45, 2.75) is 38.1 Å². The summed E-state index contributed by atoms with van der Waals surface area (Å²) in [5.74, 6) is 0.139. The molecule has 0 aromatic heterocycles. The highest BCUT2D eigenvalue weighted by molar-refractivity contribution is 6.30. The van der Waals surface area contributed by atoms with Gasteiger partial charge in [-0.3, -0.25) is 10.1 Å². The Morgan fingerprint density at radius 3 is 2.80 bits per heavy atom. The van der Waals surface area contributed by atoms with Crippen molar-refractivity contribution in [3.63, 3.8) is 0 Å². The van der Waals surface area contributed by atoms with Crippen molar-refractivity contribution in [2.24, 2.45) is 0 Å². The van der Waals surface area contributed by atoms with E-state index in [-0.39, 0.29) is 24.2 Å². The fourth-order valence-corrected chi connectivity index (χ4v) is 3.02. The Kier molecular flexibility index (Phi) is 3.96. The zero-order valence-corrected chi connectivity index (χ0v) is 12.3. The van der Waals surface area contributed by atoms with Crippen LogP contribution in [0.1, 0.15) is 31.5 Å². The average molecular weight is 295 g/mol. The highest BCUT2D eigenvalue weighted by atomic mass is 35.5. The Morgan fingerprint density at radius 2 is 2.15 bits per heavy atom. The molecular formula is C15H19ClN2O2. The summed E-state index contributed by atoms with van der Waals surface area (Å²) in [5.41, 5.74) is 1.06. The van der Waals surface area contributed by atoms with Crippen LogP contribution in [0, 0.1) is 0 Å². The molecule has 1 N–H and O–H groups in total. The van der Waals surface area contributed by atoms with Gasteiger partial charge in [0.05, 0.1) is 12.1 Å². The van der Waals surface area contributed by atoms with Crippen molar-refractivity contribution in [3.05, 3.63) is 34.9 Å². The molecule has 4 nitrogen and oxygen atoms in total. The molecule has 3 atom stereocenters. The number of hydrogen-bond donors (Lipinski definition) is 1. The van der Waals surface area contributed by atoms with Crippen molar-refractivity contribution < 1.29 is 9.53 Å². The lowest BCUT2D eigenvalue weighted by Gasteiger charge is -2.27. The van der Waals surface area contributed by atoms with Gasteiger partial charge in [-0.05, 0) is 37.5 Å². The van der Waals surface area contributed by atoms with E-state index in [0.717, 1.165) is 25.0 Å². The topological polar surface area (TPSA) is 41.6 Å². The van der Waals surface area contributed by atoms with Crippen LogP contribution in [0.3, 0.4) is 0 Å². The van der Waals surface area contributed by atoms with E-state index in [1.807, 2.05) is 36.1 Å². The second-order valence-electron chi connectivity index (χ2n) is 5.47. The predicted octanol–water partition coefficient (Wildman–Crippen LogP) is 2.34. The van der Waals surface area contributed by atoms with E-state index in [0.29, 0.717) is 11.6 Å². The minimum Gasteiger partial charge on any atom is -0.376 e. The molecule has 3 unspecified atom stereocenters. The molecule has 0 spiro atoms. The fraction of sp³-hybridized carbons (Fsp3) is 0.533. The number of amides is 1. The van der Waals surface area contributed by atoms with Gasteiger partial charge in [-0.1, -0.05) is 23.7 Å². The largest absolute Gasteiger partial charge is 0.376 e. The molecule has 2 aliphatic rings. The third-order valence-electron chi connectivity index (χ3n) is 3.98. The van der Waals surface area contributed by atoms with Gasteiger partial charge in [0.15, 0.2) is 0 Å². The lowest BCUT2D eigenvalue weighted by atomic mass is 10.1. The van der Waals surface area contributed by atoms with Gasteiger partial charge in [-0.25, -0.2) is 0 Å². The molecule has 20 heavy (non-hydrogen) atoms. The maximum absolute atomic E-state index is 12.3. The van der Waals surface area contributed by atoms with Gasteiger partial charge in [0, 0.05) is 18.2 Å². The number of halogens is 1. The number of ether oxygens (including phenoxy) is 1. The molecule has 5 heteroatoms. The molecule has 2 heterocycles. The Bertz CT molecular complexity index is 485. The van der Waals surface area contributed by atoms with Crippen molar-refractivity contribution in [1.82, 2.24) is 10.2 Å². The summed E-state index contributed by atoms with van der Waals surface area (Å²) in [6.45, 7) is 3.37. The summed E-state index contributed by atoms with van der Waals surface area (Å²) in [7, 11) is 0. The normalized spacial score (nSPS) is 30.2. The first-order valence-corrected chi connectivity index (χ1v) is 7.46. The number of nitrogens with zero attached hydrogens (tertiary/aromatic N) is 1. The van der Waals surface area contributed by atoms with Gasteiger partial charge in [0.25, 0.3) is 0 Å². The van der Waals surface area contributed by atoms with E-state index in [9.17, 15) is 4.79 Å². The monoisotopic (exact) mass is 294 g/mol. The summed E-state index contributed by atoms with van der Waals surface area (Å²) in [5, 5.41) is 4.05. The molecule has 1 aromatic carbocycles. The first kappa shape index (κ1) is 13.9. The minimum absolute atomic E-state index is 0.0843. The number of hydrogen-bond acceptors (Lipinski definition) is 3. The van der Waals surface area contributed by atoms with Gasteiger partial charge < -0.3 is 9.64 Å². The standard InChI is InChI=1S/C15H19ClN2O2/c1-10-15(19)18(9-13-3-2-8-20-13)14(17-10)11-4-6-12(16)7-5-11/h4-7,10,13-14,17H,2-3,8-9H2,1H3. The maximum atomic E-state index is 12.3. The van der Waals surface area contributed by atoms with E-state index in [4.69, 9.17) is 16.3 Å². The highest BCUT2D eigenvalue weighted by Gasteiger charge is 2.38. The molecule has 0 radical (unpaired) electrons. The molecule has 108 valence electrons. The van der Waals surface area contributed by atoms with Crippen molar-refractivity contribution in [1.29, 1.82) is 0 Å². The van der Waals surface area contributed by atoms with E-state index < -0.39 is 0 Å². The van der Waals surface area contributed by atoms with Crippen LogP contribution in [-0.2, 0) is 9.53 Å². The fourth-order valence-electron chi connectivity index (χ4n) is 2.90. The molecule has 3 rings (SSSR count). The number of nitrogens with one attached hydrogen (secondary N) is 1. The molecule has 0 aliphatic carbocycles. The van der Waals surface area contributed by atoms with Crippen LogP contribution in [-0.4, -0.2) is 36.1 Å². The van der Waals surface area contributed by atoms with Crippen LogP contribution in [0.2, 0.25) is 5.02 Å². The molecule has 0 saturated carbocycles. The third kappa shape index (κ3) is 2.68. The Hall–Kier alpha value is -1.10. The maximum Gasteiger partial charge on any atom is 0.241 e. The smallest absolute Gasteiger partial charge is 0.241 e. The Labute approximate surface area is 124 Å². The number of carbonyl (C=O) groups is 1. The quantitative estimate of drug-likeness (QED) is 0.930. The lowest BCUT2D eigenvalue weighted by Crippen LogP contribution is -2.37. The van der Waals surface area contributed by atoms with Crippen LogP contribution in [0.4, 0.5) is 0 Å². The third-order valence-corrected chi connectivity index (χ3v) is 4.24. The van der Waals surface area contributed by atoms with Gasteiger partial charge in [-0.15, -0.1) is 0 Å². The SMILES string of the molecule is CC1NC(c2ccc(Cl)cc2)N(CC2CCCO2)C1=O. The molecule has 1 aromatic rings. The van der Waals surface area contributed by atoms with Gasteiger partial charge >= 0.3 is 0 Å². The summed E-state index contributed by atoms with van der Waals surface area (Å²) in [6, 6.07) is 7.49. The van der Waals surface area contributed by atoms with Gasteiger partial charge in [-0.2, -0.15) is 0 Å². The molecule has 2 fully saturated rings. The molecule has 1 amide bonds. The lowest BCUT2D eigenvalue weighted by molar-refractivity contribution is -0.131. The second kappa shape index (κ2) is 5.72. The van der Waals surface area contributed by atoms with Crippen LogP contribution >= 0.6 is 11.6 Å². The van der Waals surface area contributed by atoms with Gasteiger partial charge in [0.1, 0.15) is 6.17 Å². The summed E-state index contributed by atoms with van der Waals surface area (Å²) < 4.78 is 5.66. The predicted molar refractivity (Wildman–Crippen MR) is 77.5 cm³/mol. The first-order valence-electron chi connectivity index (χ1n) is 7.09. The molecular weight excluding hydrogens is 276 g/mol. The zero-order valence-electron chi connectivity index (χ0n) is 11.5. The zero-order chi connectivity index (χ0) is 14.1. The van der Waals surface area contributed by atoms with Crippen molar-refractivity contribution >= 4 is 17.5 Å². The van der Waals surface area contributed by atoms with Crippen molar-refractivity contribution in [2.75, 3.05) is 13.2 Å². The van der Waals surface area contributed by atoms with Gasteiger partial charge in [0.2, 0.25) is 5.91 Å². The number of rotatable bonds is 3. The molecule has 2 aliphatic heterocycles. The second-order valence-corrected chi connectivity index (χ2v) is 5.90. The Morgan fingerprint density at radius 1 is 1.40 bits per heavy atom. The minimum atomic E-state index is -0.155. The molecule has 0 bridgehead atoms. The van der Waals surface area contributed by atoms with Crippen LogP contribution in [0.5, 0.6) is 0 Å². The number of benzene rings is 1. The van der Waals surface area contributed by atoms with E-state index >= 15 is 0 Å². The van der Waals surface area contributed by atoms with Crippen LogP contribution < -0.4 is 5.32 Å². The summed E-state index contributed by atoms with van der Waals surface area (Å²) >= 11 is 5.93. The van der Waals surface area contributed by atoms with E-state index in [1.54, 1.807) is 0 Å². The van der Waals surface area contributed by atoms with E-state index in [1.165, 1.54) is 0 Å². The van der Waals surface area contributed by atoms with Crippen molar-refractivity contribution in [3.8, 4) is 0 Å². The van der Waals surface area contributed by atoms with Crippen LogP contribution in [0.15, 0.2) is 24.3 Å². The molecule has 2 saturated heterocycles. The summed E-state index contributed by atoms with van der Waals surface area (Å²) in [6.07, 6.45) is 2.20. The summed E-state index contributed by atoms with van der Waals surface area (Å²) in [4.78, 5) is 14.2. The Balaban J connectivity index is 1.79. The first-order chi connectivity index (χ1) is 9.65. The number of carbonyl (C=O) groups excluding carboxylic acids is 1. The van der Waals surface area contributed by atoms with Crippen LogP contribution in [0.25, 0.3) is 0 Å². The highest BCUT2D eigenvalue weighted by Crippen LogP contribution is 2.28. The average Bonchev–Trinajstić information content (AvgIpc) is 3.04. The van der Waals surface area contributed by atoms with E-state index in [2.05, 4.69) is 5.32 Å².